The van der Waals surface area contributed by atoms with Crippen molar-refractivity contribution in [2.75, 3.05) is 0 Å². The summed E-state index contributed by atoms with van der Waals surface area (Å²) in [6, 6.07) is 11.5. The molecule has 0 atom stereocenters. The van der Waals surface area contributed by atoms with Crippen molar-refractivity contribution < 1.29 is 4.39 Å². The number of aromatic nitrogens is 1. The molecule has 0 saturated carbocycles. The summed E-state index contributed by atoms with van der Waals surface area (Å²) in [5, 5.41) is 1.07. The maximum absolute atomic E-state index is 12.6. The Labute approximate surface area is 81.9 Å². The van der Waals surface area contributed by atoms with E-state index in [-0.39, 0.29) is 5.83 Å². The zero-order valence-electron chi connectivity index (χ0n) is 7.87. The molecule has 2 aromatic rings. The van der Waals surface area contributed by atoms with Crippen molar-refractivity contribution in [3.05, 3.63) is 47.9 Å². The van der Waals surface area contributed by atoms with Crippen LogP contribution in [0.4, 0.5) is 4.39 Å². The van der Waals surface area contributed by atoms with Crippen molar-refractivity contribution in [3.8, 4) is 0 Å². The highest BCUT2D eigenvalue weighted by Crippen LogP contribution is 2.13. The Kier molecular flexibility index (Phi) is 2.27. The molecule has 0 aliphatic heterocycles. The molecule has 0 spiro atoms. The SMILES string of the molecule is C/C(F)=C\c1ccc2ccccc2n1. The quantitative estimate of drug-likeness (QED) is 0.665. The number of nitrogens with zero attached hydrogens (tertiary/aromatic N) is 1. The largest absolute Gasteiger partial charge is 0.248 e. The van der Waals surface area contributed by atoms with Gasteiger partial charge in [0.05, 0.1) is 17.0 Å². The molecule has 2 rings (SSSR count). The number of hydrogen-bond donors (Lipinski definition) is 0. The molecule has 0 unspecified atom stereocenters. The second-order valence-electron chi connectivity index (χ2n) is 3.16. The standard InChI is InChI=1S/C12H10FN/c1-9(13)8-11-7-6-10-4-2-3-5-12(10)14-11/h2-8H,1H3/b9-8+. The molecule has 0 aliphatic carbocycles. The minimum Gasteiger partial charge on any atom is -0.248 e. The molecule has 2 heteroatoms. The van der Waals surface area contributed by atoms with Crippen LogP contribution in [0.25, 0.3) is 17.0 Å². The molecular weight excluding hydrogens is 177 g/mol. The van der Waals surface area contributed by atoms with E-state index in [1.165, 1.54) is 13.0 Å². The van der Waals surface area contributed by atoms with Crippen LogP contribution in [0.15, 0.2) is 42.2 Å². The minimum absolute atomic E-state index is 0.229. The predicted octanol–water partition coefficient (Wildman–Crippen LogP) is 3.57. The second kappa shape index (κ2) is 3.58. The number of rotatable bonds is 1. The van der Waals surface area contributed by atoms with Gasteiger partial charge in [-0.1, -0.05) is 24.3 Å². The first-order valence-electron chi connectivity index (χ1n) is 4.45. The Morgan fingerprint density at radius 3 is 2.79 bits per heavy atom. The predicted molar refractivity (Wildman–Crippen MR) is 56.5 cm³/mol. The fourth-order valence-corrected chi connectivity index (χ4v) is 1.37. The van der Waals surface area contributed by atoms with Crippen LogP contribution in [0, 0.1) is 0 Å². The highest BCUT2D eigenvalue weighted by Gasteiger charge is 1.95. The van der Waals surface area contributed by atoms with Gasteiger partial charge in [0.1, 0.15) is 0 Å². The van der Waals surface area contributed by atoms with Gasteiger partial charge in [-0.15, -0.1) is 0 Å². The highest BCUT2D eigenvalue weighted by atomic mass is 19.1. The van der Waals surface area contributed by atoms with Crippen LogP contribution in [0.3, 0.4) is 0 Å². The van der Waals surface area contributed by atoms with E-state index < -0.39 is 0 Å². The lowest BCUT2D eigenvalue weighted by molar-refractivity contribution is 0.648. The molecule has 0 bridgehead atoms. The van der Waals surface area contributed by atoms with Crippen LogP contribution >= 0.6 is 0 Å². The van der Waals surface area contributed by atoms with Crippen LogP contribution in [0.1, 0.15) is 12.6 Å². The highest BCUT2D eigenvalue weighted by molar-refractivity contribution is 5.79. The smallest absolute Gasteiger partial charge is 0.0990 e. The van der Waals surface area contributed by atoms with E-state index in [0.29, 0.717) is 5.69 Å². The Balaban J connectivity index is 2.57. The average molecular weight is 187 g/mol. The molecule has 14 heavy (non-hydrogen) atoms. The molecule has 0 amide bonds. The van der Waals surface area contributed by atoms with E-state index in [1.54, 1.807) is 0 Å². The molecule has 0 N–H and O–H groups in total. The number of allylic oxidation sites excluding steroid dienone is 1. The average Bonchev–Trinajstić information content (AvgIpc) is 2.17. The maximum atomic E-state index is 12.6. The first-order valence-corrected chi connectivity index (χ1v) is 4.45. The molecule has 0 aliphatic rings. The third kappa shape index (κ3) is 1.79. The van der Waals surface area contributed by atoms with Crippen LogP contribution in [0.5, 0.6) is 0 Å². The zero-order valence-corrected chi connectivity index (χ0v) is 7.87. The van der Waals surface area contributed by atoms with Crippen molar-refractivity contribution in [2.45, 2.75) is 6.92 Å². The summed E-state index contributed by atoms with van der Waals surface area (Å²) < 4.78 is 12.6. The fraction of sp³-hybridized carbons (Fsp3) is 0.0833. The van der Waals surface area contributed by atoms with E-state index in [9.17, 15) is 4.39 Å². The lowest BCUT2D eigenvalue weighted by atomic mass is 10.2. The Bertz CT molecular complexity index is 484. The van der Waals surface area contributed by atoms with E-state index in [4.69, 9.17) is 0 Å². The normalized spacial score (nSPS) is 12.0. The molecule has 70 valence electrons. The molecule has 1 aromatic carbocycles. The van der Waals surface area contributed by atoms with Crippen molar-refractivity contribution in [1.82, 2.24) is 4.98 Å². The van der Waals surface area contributed by atoms with Gasteiger partial charge in [-0.3, -0.25) is 0 Å². The maximum Gasteiger partial charge on any atom is 0.0990 e. The topological polar surface area (TPSA) is 12.9 Å². The third-order valence-electron chi connectivity index (χ3n) is 1.97. The molecule has 1 heterocycles. The first kappa shape index (κ1) is 8.88. The van der Waals surface area contributed by atoms with E-state index in [2.05, 4.69) is 4.98 Å². The lowest BCUT2D eigenvalue weighted by Gasteiger charge is -1.97. The third-order valence-corrected chi connectivity index (χ3v) is 1.97. The minimum atomic E-state index is -0.229. The van der Waals surface area contributed by atoms with Gasteiger partial charge in [0.15, 0.2) is 0 Å². The van der Waals surface area contributed by atoms with Gasteiger partial charge < -0.3 is 0 Å². The summed E-state index contributed by atoms with van der Waals surface area (Å²) in [6.45, 7) is 1.41. The summed E-state index contributed by atoms with van der Waals surface area (Å²) in [5.74, 6) is -0.229. The van der Waals surface area contributed by atoms with Crippen LogP contribution in [-0.2, 0) is 0 Å². The lowest BCUT2D eigenvalue weighted by Crippen LogP contribution is -1.82. The van der Waals surface area contributed by atoms with Crippen LogP contribution < -0.4 is 0 Å². The number of halogens is 1. The van der Waals surface area contributed by atoms with Crippen molar-refractivity contribution in [2.24, 2.45) is 0 Å². The molecule has 0 radical (unpaired) electrons. The van der Waals surface area contributed by atoms with Crippen LogP contribution in [0.2, 0.25) is 0 Å². The number of para-hydroxylation sites is 1. The van der Waals surface area contributed by atoms with Gasteiger partial charge >= 0.3 is 0 Å². The van der Waals surface area contributed by atoms with Gasteiger partial charge in [-0.05, 0) is 25.1 Å². The van der Waals surface area contributed by atoms with Gasteiger partial charge in [0.25, 0.3) is 0 Å². The molecular formula is C12H10FN. The molecule has 0 fully saturated rings. The summed E-state index contributed by atoms with van der Waals surface area (Å²) in [6.07, 6.45) is 1.42. The number of pyridine rings is 1. The number of hydrogen-bond acceptors (Lipinski definition) is 1. The summed E-state index contributed by atoms with van der Waals surface area (Å²) in [4.78, 5) is 4.30. The summed E-state index contributed by atoms with van der Waals surface area (Å²) >= 11 is 0. The van der Waals surface area contributed by atoms with Crippen molar-refractivity contribution in [3.63, 3.8) is 0 Å². The number of benzene rings is 1. The molecule has 1 aromatic heterocycles. The number of fused-ring (bicyclic) bond motifs is 1. The zero-order chi connectivity index (χ0) is 9.97. The Morgan fingerprint density at radius 2 is 2.00 bits per heavy atom. The summed E-state index contributed by atoms with van der Waals surface area (Å²) in [5.41, 5.74) is 1.55. The van der Waals surface area contributed by atoms with Gasteiger partial charge in [0, 0.05) is 5.39 Å². The monoisotopic (exact) mass is 187 g/mol. The molecule has 0 saturated heterocycles. The Hall–Kier alpha value is -1.70. The Morgan fingerprint density at radius 1 is 1.21 bits per heavy atom. The van der Waals surface area contributed by atoms with Gasteiger partial charge in [-0.25, -0.2) is 9.37 Å². The molecule has 1 nitrogen and oxygen atoms in total. The van der Waals surface area contributed by atoms with E-state index in [1.807, 2.05) is 36.4 Å². The van der Waals surface area contributed by atoms with E-state index in [0.717, 1.165) is 10.9 Å². The van der Waals surface area contributed by atoms with Crippen LogP contribution in [-0.4, -0.2) is 4.98 Å². The summed E-state index contributed by atoms with van der Waals surface area (Å²) in [7, 11) is 0. The fourth-order valence-electron chi connectivity index (χ4n) is 1.37. The van der Waals surface area contributed by atoms with E-state index >= 15 is 0 Å². The first-order chi connectivity index (χ1) is 6.75. The van der Waals surface area contributed by atoms with Crippen molar-refractivity contribution in [1.29, 1.82) is 0 Å². The van der Waals surface area contributed by atoms with Crippen molar-refractivity contribution >= 4 is 17.0 Å². The van der Waals surface area contributed by atoms with Gasteiger partial charge in [0.2, 0.25) is 0 Å². The van der Waals surface area contributed by atoms with Gasteiger partial charge in [-0.2, -0.15) is 0 Å². The second-order valence-corrected chi connectivity index (χ2v) is 3.16.